The molecule has 2 aromatic rings. The molecule has 5 nitrogen and oxygen atoms in total. The molecule has 0 radical (unpaired) electrons. The first-order valence-corrected chi connectivity index (χ1v) is 8.73. The highest BCUT2D eigenvalue weighted by Gasteiger charge is 2.22. The number of H-pyrrole nitrogens is 1. The van der Waals surface area contributed by atoms with Gasteiger partial charge in [-0.05, 0) is 36.8 Å². The topological polar surface area (TPSA) is 65.2 Å². The normalized spacial score (nSPS) is 17.9. The maximum Gasteiger partial charge on any atom is 0.232 e. The van der Waals surface area contributed by atoms with Crippen molar-refractivity contribution in [3.05, 3.63) is 36.0 Å². The number of carbonyl (C=O) groups excluding carboxylic acids is 2. The summed E-state index contributed by atoms with van der Waals surface area (Å²) in [6.07, 6.45) is 4.90. The molecular formula is C19H25N3O2. The average molecular weight is 327 g/mol. The lowest BCUT2D eigenvalue weighted by Gasteiger charge is -2.30. The van der Waals surface area contributed by atoms with Gasteiger partial charge in [0, 0.05) is 36.7 Å². The number of nitrogens with zero attached hydrogens (tertiary/aromatic N) is 1. The molecule has 1 unspecified atom stereocenters. The van der Waals surface area contributed by atoms with E-state index in [1.165, 1.54) is 17.4 Å². The number of hydrogen-bond donors (Lipinski definition) is 2. The number of aromatic amines is 1. The van der Waals surface area contributed by atoms with Gasteiger partial charge in [-0.25, -0.2) is 0 Å². The van der Waals surface area contributed by atoms with Crippen molar-refractivity contribution in [2.45, 2.75) is 32.6 Å². The van der Waals surface area contributed by atoms with E-state index in [1.807, 2.05) is 29.3 Å². The highest BCUT2D eigenvalue weighted by molar-refractivity contribution is 5.97. The Hall–Kier alpha value is -2.30. The van der Waals surface area contributed by atoms with Gasteiger partial charge in [-0.15, -0.1) is 0 Å². The van der Waals surface area contributed by atoms with Crippen LogP contribution in [0.1, 0.15) is 31.7 Å². The summed E-state index contributed by atoms with van der Waals surface area (Å²) in [7, 11) is 0. The van der Waals surface area contributed by atoms with Crippen molar-refractivity contribution in [3.8, 4) is 0 Å². The van der Waals surface area contributed by atoms with Gasteiger partial charge in [0.15, 0.2) is 0 Å². The fourth-order valence-electron chi connectivity index (χ4n) is 3.40. The number of fused-ring (bicyclic) bond motifs is 1. The van der Waals surface area contributed by atoms with Crippen LogP contribution in [0.25, 0.3) is 10.9 Å². The van der Waals surface area contributed by atoms with Crippen LogP contribution < -0.4 is 5.32 Å². The Bertz CT molecular complexity index is 722. The third kappa shape index (κ3) is 3.96. The summed E-state index contributed by atoms with van der Waals surface area (Å²) in [5, 5.41) is 4.05. The second-order valence-electron chi connectivity index (χ2n) is 6.72. The van der Waals surface area contributed by atoms with Crippen LogP contribution in [0.2, 0.25) is 0 Å². The Balaban J connectivity index is 1.45. The molecule has 1 aromatic carbocycles. The SMILES string of the molecule is CC1CCCN(C(=O)CC(=O)NCCc2c[nH]c3ccccc23)C1. The number of hydrogen-bond acceptors (Lipinski definition) is 2. The lowest BCUT2D eigenvalue weighted by atomic mass is 10.00. The van der Waals surface area contributed by atoms with Gasteiger partial charge in [-0.2, -0.15) is 0 Å². The third-order valence-corrected chi connectivity index (χ3v) is 4.71. The highest BCUT2D eigenvalue weighted by atomic mass is 16.2. The molecule has 2 N–H and O–H groups in total. The van der Waals surface area contributed by atoms with Crippen molar-refractivity contribution in [1.29, 1.82) is 0 Å². The summed E-state index contributed by atoms with van der Waals surface area (Å²) in [5.41, 5.74) is 2.29. The number of aromatic nitrogens is 1. The summed E-state index contributed by atoms with van der Waals surface area (Å²) < 4.78 is 0. The first kappa shape index (κ1) is 16.6. The molecular weight excluding hydrogens is 302 g/mol. The van der Waals surface area contributed by atoms with Gasteiger partial charge in [-0.3, -0.25) is 9.59 Å². The molecule has 0 spiro atoms. The van der Waals surface area contributed by atoms with Crippen molar-refractivity contribution in [2.75, 3.05) is 19.6 Å². The molecule has 5 heteroatoms. The minimum atomic E-state index is -0.182. The van der Waals surface area contributed by atoms with Crippen LogP contribution in [-0.2, 0) is 16.0 Å². The van der Waals surface area contributed by atoms with E-state index in [1.54, 1.807) is 0 Å². The Morgan fingerprint density at radius 2 is 2.17 bits per heavy atom. The van der Waals surface area contributed by atoms with Gasteiger partial charge in [-0.1, -0.05) is 25.1 Å². The minimum absolute atomic E-state index is 0.0411. The zero-order valence-electron chi connectivity index (χ0n) is 14.2. The molecule has 1 fully saturated rings. The number of nitrogens with one attached hydrogen (secondary N) is 2. The van der Waals surface area contributed by atoms with Gasteiger partial charge in [0.25, 0.3) is 0 Å². The number of carbonyl (C=O) groups is 2. The Morgan fingerprint density at radius 1 is 1.33 bits per heavy atom. The van der Waals surface area contributed by atoms with E-state index in [0.29, 0.717) is 12.5 Å². The molecule has 1 aromatic heterocycles. The molecule has 1 saturated heterocycles. The second-order valence-corrected chi connectivity index (χ2v) is 6.72. The standard InChI is InChI=1S/C19H25N3O2/c1-14-5-4-10-22(13-14)19(24)11-18(23)20-9-8-15-12-21-17-7-3-2-6-16(15)17/h2-3,6-7,12,14,21H,4-5,8-11,13H2,1H3,(H,20,23). The zero-order valence-corrected chi connectivity index (χ0v) is 14.2. The molecule has 3 rings (SSSR count). The minimum Gasteiger partial charge on any atom is -0.361 e. The Labute approximate surface area is 142 Å². The fourth-order valence-corrected chi connectivity index (χ4v) is 3.40. The van der Waals surface area contributed by atoms with Crippen LogP contribution in [0, 0.1) is 5.92 Å². The summed E-state index contributed by atoms with van der Waals surface area (Å²) >= 11 is 0. The van der Waals surface area contributed by atoms with Gasteiger partial charge in [0.05, 0.1) is 0 Å². The molecule has 1 atom stereocenters. The van der Waals surface area contributed by atoms with Crippen LogP contribution in [-0.4, -0.2) is 41.3 Å². The van der Waals surface area contributed by atoms with E-state index < -0.39 is 0 Å². The Morgan fingerprint density at radius 3 is 3.00 bits per heavy atom. The molecule has 1 aliphatic heterocycles. The maximum atomic E-state index is 12.2. The predicted molar refractivity (Wildman–Crippen MR) is 94.6 cm³/mol. The number of para-hydroxylation sites is 1. The Kier molecular flexibility index (Phi) is 5.18. The van der Waals surface area contributed by atoms with Crippen molar-refractivity contribution in [1.82, 2.24) is 15.2 Å². The first-order chi connectivity index (χ1) is 11.6. The van der Waals surface area contributed by atoms with Crippen molar-refractivity contribution < 1.29 is 9.59 Å². The summed E-state index contributed by atoms with van der Waals surface area (Å²) in [6, 6.07) is 8.12. The van der Waals surface area contributed by atoms with E-state index in [4.69, 9.17) is 0 Å². The zero-order chi connectivity index (χ0) is 16.9. The van der Waals surface area contributed by atoms with E-state index in [9.17, 15) is 9.59 Å². The van der Waals surface area contributed by atoms with Gasteiger partial charge >= 0.3 is 0 Å². The van der Waals surface area contributed by atoms with Crippen LogP contribution >= 0.6 is 0 Å². The third-order valence-electron chi connectivity index (χ3n) is 4.71. The molecule has 2 heterocycles. The molecule has 24 heavy (non-hydrogen) atoms. The average Bonchev–Trinajstić information content (AvgIpc) is 2.98. The van der Waals surface area contributed by atoms with E-state index in [-0.39, 0.29) is 18.2 Å². The van der Waals surface area contributed by atoms with Gasteiger partial charge < -0.3 is 15.2 Å². The highest BCUT2D eigenvalue weighted by Crippen LogP contribution is 2.18. The van der Waals surface area contributed by atoms with E-state index in [0.717, 1.165) is 31.4 Å². The van der Waals surface area contributed by atoms with Crippen LogP contribution in [0.3, 0.4) is 0 Å². The fraction of sp³-hybridized carbons (Fsp3) is 0.474. The van der Waals surface area contributed by atoms with Crippen LogP contribution in [0.5, 0.6) is 0 Å². The lowest BCUT2D eigenvalue weighted by Crippen LogP contribution is -2.41. The number of rotatable bonds is 5. The van der Waals surface area contributed by atoms with Crippen molar-refractivity contribution >= 4 is 22.7 Å². The number of amides is 2. The molecule has 0 aliphatic carbocycles. The summed E-state index contributed by atoms with van der Waals surface area (Å²) in [4.78, 5) is 29.2. The smallest absolute Gasteiger partial charge is 0.232 e. The quantitative estimate of drug-likeness (QED) is 0.829. The molecule has 1 aliphatic rings. The van der Waals surface area contributed by atoms with Crippen LogP contribution in [0.4, 0.5) is 0 Å². The number of piperidine rings is 1. The summed E-state index contributed by atoms with van der Waals surface area (Å²) in [6.45, 7) is 4.26. The van der Waals surface area contributed by atoms with Crippen molar-refractivity contribution in [3.63, 3.8) is 0 Å². The van der Waals surface area contributed by atoms with Crippen LogP contribution in [0.15, 0.2) is 30.5 Å². The first-order valence-electron chi connectivity index (χ1n) is 8.73. The monoisotopic (exact) mass is 327 g/mol. The molecule has 128 valence electrons. The largest absolute Gasteiger partial charge is 0.361 e. The molecule has 0 saturated carbocycles. The maximum absolute atomic E-state index is 12.2. The molecule has 2 amide bonds. The van der Waals surface area contributed by atoms with Crippen molar-refractivity contribution in [2.24, 2.45) is 5.92 Å². The summed E-state index contributed by atoms with van der Waals surface area (Å²) in [5.74, 6) is 0.303. The number of benzene rings is 1. The number of likely N-dealkylation sites (tertiary alicyclic amines) is 1. The van der Waals surface area contributed by atoms with Gasteiger partial charge in [0.2, 0.25) is 11.8 Å². The van der Waals surface area contributed by atoms with E-state index >= 15 is 0 Å². The molecule has 0 bridgehead atoms. The van der Waals surface area contributed by atoms with Gasteiger partial charge in [0.1, 0.15) is 6.42 Å². The second kappa shape index (κ2) is 7.51. The predicted octanol–water partition coefficient (Wildman–Crippen LogP) is 2.48. The van der Waals surface area contributed by atoms with E-state index in [2.05, 4.69) is 23.3 Å². The lowest BCUT2D eigenvalue weighted by molar-refractivity contribution is -0.137.